The number of para-hydroxylation sites is 1. The third-order valence-electron chi connectivity index (χ3n) is 5.09. The van der Waals surface area contributed by atoms with E-state index in [0.717, 1.165) is 0 Å². The number of likely N-dealkylation sites (N-methyl/N-ethyl adjacent to an activating group) is 1. The molecule has 2 heterocycles. The van der Waals surface area contributed by atoms with E-state index in [1.54, 1.807) is 38.4 Å². The van der Waals surface area contributed by atoms with Gasteiger partial charge in [0.05, 0.1) is 11.6 Å². The molecular formula is C22H27NO6. The Hall–Kier alpha value is -2.64. The molecule has 29 heavy (non-hydrogen) atoms. The number of amides is 1. The number of carbonyl (C=O) groups excluding carboxylic acids is 1. The molecule has 1 N–H and O–H groups in total. The molecule has 7 heteroatoms. The molecule has 156 valence electrons. The number of carbonyl (C=O) groups is 1. The summed E-state index contributed by atoms with van der Waals surface area (Å²) in [5.41, 5.74) is 0.815. The molecular weight excluding hydrogens is 374 g/mol. The van der Waals surface area contributed by atoms with Gasteiger partial charge >= 0.3 is 0 Å². The molecule has 1 aromatic carbocycles. The fourth-order valence-electron chi connectivity index (χ4n) is 3.66. The molecule has 3 atom stereocenters. The van der Waals surface area contributed by atoms with Crippen molar-refractivity contribution in [1.29, 1.82) is 0 Å². The van der Waals surface area contributed by atoms with E-state index in [9.17, 15) is 14.7 Å². The Morgan fingerprint density at radius 2 is 2.03 bits per heavy atom. The van der Waals surface area contributed by atoms with E-state index in [0.29, 0.717) is 36.0 Å². The van der Waals surface area contributed by atoms with Crippen molar-refractivity contribution >= 4 is 16.9 Å². The fraction of sp³-hybridized carbons (Fsp3) is 0.455. The number of benzene rings is 1. The number of aliphatic hydroxyl groups is 1. The minimum atomic E-state index is -0.702. The van der Waals surface area contributed by atoms with E-state index in [1.165, 1.54) is 11.2 Å². The van der Waals surface area contributed by atoms with Crippen molar-refractivity contribution < 1.29 is 23.8 Å². The molecule has 0 saturated heterocycles. The van der Waals surface area contributed by atoms with E-state index in [4.69, 9.17) is 13.9 Å². The maximum atomic E-state index is 13.2. The molecule has 0 spiro atoms. The van der Waals surface area contributed by atoms with Gasteiger partial charge in [0.25, 0.3) is 5.91 Å². The van der Waals surface area contributed by atoms with Gasteiger partial charge < -0.3 is 23.9 Å². The van der Waals surface area contributed by atoms with Crippen LogP contribution in [0.15, 0.2) is 51.6 Å². The second kappa shape index (κ2) is 9.24. The van der Waals surface area contributed by atoms with Crippen LogP contribution in [0.4, 0.5) is 0 Å². The summed E-state index contributed by atoms with van der Waals surface area (Å²) in [7, 11) is 3.28. The topological polar surface area (TPSA) is 89.2 Å². The number of rotatable bonds is 7. The predicted octanol–water partition coefficient (Wildman–Crippen LogP) is 2.63. The first-order valence-electron chi connectivity index (χ1n) is 9.81. The molecule has 1 amide bonds. The maximum absolute atomic E-state index is 13.2. The molecule has 0 aliphatic carbocycles. The molecule has 0 unspecified atom stereocenters. The summed E-state index contributed by atoms with van der Waals surface area (Å²) >= 11 is 0. The van der Waals surface area contributed by atoms with Crippen molar-refractivity contribution in [3.8, 4) is 0 Å². The third-order valence-corrected chi connectivity index (χ3v) is 5.09. The van der Waals surface area contributed by atoms with Crippen LogP contribution in [0.5, 0.6) is 0 Å². The number of ether oxygens (including phenoxy) is 2. The lowest BCUT2D eigenvalue weighted by Crippen LogP contribution is -2.39. The monoisotopic (exact) mass is 401 g/mol. The van der Waals surface area contributed by atoms with Gasteiger partial charge in [-0.2, -0.15) is 0 Å². The molecule has 3 rings (SSSR count). The van der Waals surface area contributed by atoms with Gasteiger partial charge in [0.15, 0.2) is 11.2 Å². The van der Waals surface area contributed by atoms with Crippen molar-refractivity contribution in [1.82, 2.24) is 4.90 Å². The smallest absolute Gasteiger partial charge is 0.288 e. The summed E-state index contributed by atoms with van der Waals surface area (Å²) in [6.45, 7) is 2.25. The lowest BCUT2D eigenvalue weighted by molar-refractivity contribution is -0.169. The van der Waals surface area contributed by atoms with Crippen molar-refractivity contribution in [2.75, 3.05) is 27.3 Å². The Morgan fingerprint density at radius 3 is 2.72 bits per heavy atom. The van der Waals surface area contributed by atoms with E-state index >= 15 is 0 Å². The standard InChI is InChI=1S/C22H27NO6/c1-4-27-22-14(9-7-11-24)16(12-19(29-22)21(26)23(2)3)17-13-28-18-10-6-5-8-15(18)20(17)25/h5-6,8,10,12-14,16,22,24H,4,7,9,11H2,1-3H3/t14-,16+,22-/m1/s1. The zero-order valence-corrected chi connectivity index (χ0v) is 17.0. The Morgan fingerprint density at radius 1 is 1.28 bits per heavy atom. The second-order valence-corrected chi connectivity index (χ2v) is 7.24. The SMILES string of the molecule is CCO[C@@H]1OC(C(=O)N(C)C)=C[C@H](c2coc3ccccc3c2=O)[C@H]1CCCO. The van der Waals surface area contributed by atoms with E-state index in [1.807, 2.05) is 13.0 Å². The molecule has 7 nitrogen and oxygen atoms in total. The van der Waals surface area contributed by atoms with Crippen molar-refractivity contribution in [2.24, 2.45) is 5.92 Å². The van der Waals surface area contributed by atoms with Gasteiger partial charge in [0.1, 0.15) is 5.58 Å². The molecule has 0 saturated carbocycles. The second-order valence-electron chi connectivity index (χ2n) is 7.24. The summed E-state index contributed by atoms with van der Waals surface area (Å²) in [6, 6.07) is 7.06. The van der Waals surface area contributed by atoms with Gasteiger partial charge in [-0.15, -0.1) is 0 Å². The van der Waals surface area contributed by atoms with Gasteiger partial charge in [0.2, 0.25) is 6.29 Å². The molecule has 0 bridgehead atoms. The summed E-state index contributed by atoms with van der Waals surface area (Å²) in [4.78, 5) is 27.2. The van der Waals surface area contributed by atoms with Crippen LogP contribution in [0.1, 0.15) is 31.2 Å². The minimum absolute atomic E-state index is 0.0155. The third kappa shape index (κ3) is 4.36. The summed E-state index contributed by atoms with van der Waals surface area (Å²) in [5.74, 6) is -0.840. The van der Waals surface area contributed by atoms with E-state index in [-0.39, 0.29) is 29.6 Å². The van der Waals surface area contributed by atoms with Crippen molar-refractivity contribution in [2.45, 2.75) is 32.0 Å². The van der Waals surface area contributed by atoms with Crippen molar-refractivity contribution in [3.05, 3.63) is 58.2 Å². The zero-order valence-electron chi connectivity index (χ0n) is 17.0. The molecule has 0 radical (unpaired) electrons. The first-order valence-corrected chi connectivity index (χ1v) is 9.81. The molecule has 2 aromatic rings. The van der Waals surface area contributed by atoms with Crippen LogP contribution in [-0.2, 0) is 14.3 Å². The largest absolute Gasteiger partial charge is 0.464 e. The lowest BCUT2D eigenvalue weighted by Gasteiger charge is -2.37. The maximum Gasteiger partial charge on any atom is 0.288 e. The number of fused-ring (bicyclic) bond motifs is 1. The molecule has 1 aromatic heterocycles. The van der Waals surface area contributed by atoms with Crippen LogP contribution in [0, 0.1) is 5.92 Å². The highest BCUT2D eigenvalue weighted by molar-refractivity contribution is 5.91. The first-order chi connectivity index (χ1) is 14.0. The van der Waals surface area contributed by atoms with Crippen LogP contribution in [0.25, 0.3) is 11.0 Å². The Labute approximate surface area is 169 Å². The number of hydrogen-bond acceptors (Lipinski definition) is 6. The molecule has 1 aliphatic heterocycles. The van der Waals surface area contributed by atoms with Crippen LogP contribution in [0.2, 0.25) is 0 Å². The van der Waals surface area contributed by atoms with Crippen LogP contribution in [-0.4, -0.2) is 49.5 Å². The normalized spacial score (nSPS) is 21.5. The molecule has 0 fully saturated rings. The van der Waals surface area contributed by atoms with E-state index in [2.05, 4.69) is 0 Å². The highest BCUT2D eigenvalue weighted by Crippen LogP contribution is 2.39. The lowest BCUT2D eigenvalue weighted by atomic mass is 9.81. The predicted molar refractivity (Wildman–Crippen MR) is 108 cm³/mol. The van der Waals surface area contributed by atoms with Gasteiger partial charge in [-0.05, 0) is 38.0 Å². The Balaban J connectivity index is 2.13. The van der Waals surface area contributed by atoms with Gasteiger partial charge in [-0.1, -0.05) is 12.1 Å². The zero-order chi connectivity index (χ0) is 21.0. The fourth-order valence-corrected chi connectivity index (χ4v) is 3.66. The number of nitrogens with zero attached hydrogens (tertiary/aromatic N) is 1. The highest BCUT2D eigenvalue weighted by atomic mass is 16.7. The average Bonchev–Trinajstić information content (AvgIpc) is 2.72. The van der Waals surface area contributed by atoms with Crippen LogP contribution >= 0.6 is 0 Å². The minimum Gasteiger partial charge on any atom is -0.464 e. The van der Waals surface area contributed by atoms with Gasteiger partial charge in [-0.3, -0.25) is 9.59 Å². The average molecular weight is 401 g/mol. The Kier molecular flexibility index (Phi) is 6.71. The first kappa shape index (κ1) is 21.1. The molecule has 1 aliphatic rings. The van der Waals surface area contributed by atoms with Crippen LogP contribution < -0.4 is 5.43 Å². The van der Waals surface area contributed by atoms with Gasteiger partial charge in [-0.25, -0.2) is 0 Å². The number of aliphatic hydroxyl groups excluding tert-OH is 1. The van der Waals surface area contributed by atoms with E-state index < -0.39 is 12.2 Å². The van der Waals surface area contributed by atoms with Gasteiger partial charge in [0, 0.05) is 44.7 Å². The summed E-state index contributed by atoms with van der Waals surface area (Å²) in [5, 5.41) is 9.83. The van der Waals surface area contributed by atoms with Crippen molar-refractivity contribution in [3.63, 3.8) is 0 Å². The highest BCUT2D eigenvalue weighted by Gasteiger charge is 2.39. The summed E-state index contributed by atoms with van der Waals surface area (Å²) < 4.78 is 17.4. The number of hydrogen-bond donors (Lipinski definition) is 1. The Bertz CT molecular complexity index is 948. The summed E-state index contributed by atoms with van der Waals surface area (Å²) in [6.07, 6.45) is 3.53. The quantitative estimate of drug-likeness (QED) is 0.767. The van der Waals surface area contributed by atoms with Crippen LogP contribution in [0.3, 0.4) is 0 Å². The number of allylic oxidation sites excluding steroid dienone is 1.